The molecule has 1 N–H and O–H groups in total. The molecule has 0 saturated carbocycles. The van der Waals surface area contributed by atoms with Gasteiger partial charge >= 0.3 is 0 Å². The molecular formula is C17H35N3. The molecule has 0 bridgehead atoms. The zero-order chi connectivity index (χ0) is 14.8. The van der Waals surface area contributed by atoms with E-state index in [-0.39, 0.29) is 0 Å². The van der Waals surface area contributed by atoms with Crippen molar-refractivity contribution in [1.29, 1.82) is 0 Å². The van der Waals surface area contributed by atoms with Crippen LogP contribution in [0.2, 0.25) is 0 Å². The Hall–Kier alpha value is -0.120. The first-order valence-corrected chi connectivity index (χ1v) is 8.56. The van der Waals surface area contributed by atoms with E-state index in [1.165, 1.54) is 39.0 Å². The highest BCUT2D eigenvalue weighted by Gasteiger charge is 2.36. The van der Waals surface area contributed by atoms with Crippen LogP contribution in [-0.2, 0) is 0 Å². The third-order valence-electron chi connectivity index (χ3n) is 4.85. The maximum absolute atomic E-state index is 3.64. The Morgan fingerprint density at radius 3 is 2.70 bits per heavy atom. The van der Waals surface area contributed by atoms with Crippen LogP contribution in [0.3, 0.4) is 0 Å². The Labute approximate surface area is 126 Å². The molecular weight excluding hydrogens is 246 g/mol. The highest BCUT2D eigenvalue weighted by molar-refractivity contribution is 4.92. The number of hydrogen-bond donors (Lipinski definition) is 1. The fraction of sp³-hybridized carbons (Fsp3) is 1.00. The zero-order valence-corrected chi connectivity index (χ0v) is 14.3. The molecule has 0 spiro atoms. The summed E-state index contributed by atoms with van der Waals surface area (Å²) < 4.78 is 0. The number of nitrogens with one attached hydrogen (secondary N) is 1. The fourth-order valence-corrected chi connectivity index (χ4v) is 3.77. The molecule has 2 rings (SSSR count). The maximum Gasteiger partial charge on any atom is 0.0224 e. The van der Waals surface area contributed by atoms with E-state index in [1.54, 1.807) is 0 Å². The lowest BCUT2D eigenvalue weighted by atomic mass is 9.91. The lowest BCUT2D eigenvalue weighted by Gasteiger charge is -2.45. The Balaban J connectivity index is 1.81. The minimum Gasteiger partial charge on any atom is -0.316 e. The third-order valence-corrected chi connectivity index (χ3v) is 4.85. The average Bonchev–Trinajstić information content (AvgIpc) is 2.75. The van der Waals surface area contributed by atoms with Gasteiger partial charge < -0.3 is 5.32 Å². The van der Waals surface area contributed by atoms with Crippen molar-refractivity contribution in [2.24, 2.45) is 11.3 Å². The summed E-state index contributed by atoms with van der Waals surface area (Å²) in [4.78, 5) is 5.45. The van der Waals surface area contributed by atoms with Gasteiger partial charge in [-0.3, -0.25) is 9.80 Å². The predicted octanol–water partition coefficient (Wildman–Crippen LogP) is 2.43. The zero-order valence-electron chi connectivity index (χ0n) is 14.3. The summed E-state index contributed by atoms with van der Waals surface area (Å²) in [5, 5.41) is 3.64. The van der Waals surface area contributed by atoms with Crippen molar-refractivity contribution in [3.8, 4) is 0 Å². The van der Waals surface area contributed by atoms with Crippen molar-refractivity contribution < 1.29 is 0 Å². The molecule has 0 aromatic rings. The van der Waals surface area contributed by atoms with E-state index in [4.69, 9.17) is 0 Å². The van der Waals surface area contributed by atoms with Crippen LogP contribution in [0.15, 0.2) is 0 Å². The summed E-state index contributed by atoms with van der Waals surface area (Å²) in [6.07, 6.45) is 2.82. The first kappa shape index (κ1) is 16.3. The Morgan fingerprint density at radius 1 is 1.25 bits per heavy atom. The summed E-state index contributed by atoms with van der Waals surface area (Å²) in [6.45, 7) is 19.2. The standard InChI is InChI=1S/C17H35N3/c1-14(2)9-18-12-17(4,5)13-20-11-16-7-6-8-19(16)10-15(20)3/h14-16,18H,6-13H2,1-5H3. The molecule has 2 fully saturated rings. The number of fused-ring (bicyclic) bond motifs is 1. The molecule has 3 heteroatoms. The van der Waals surface area contributed by atoms with Gasteiger partial charge in [-0.25, -0.2) is 0 Å². The van der Waals surface area contributed by atoms with Gasteiger partial charge in [-0.2, -0.15) is 0 Å². The van der Waals surface area contributed by atoms with Gasteiger partial charge in [-0.1, -0.05) is 27.7 Å². The van der Waals surface area contributed by atoms with Crippen LogP contribution in [0.5, 0.6) is 0 Å². The Morgan fingerprint density at radius 2 is 2.00 bits per heavy atom. The minimum absolute atomic E-state index is 0.365. The molecule has 0 aromatic heterocycles. The summed E-state index contributed by atoms with van der Waals surface area (Å²) in [5.74, 6) is 0.742. The van der Waals surface area contributed by atoms with E-state index in [1.807, 2.05) is 0 Å². The van der Waals surface area contributed by atoms with Crippen LogP contribution >= 0.6 is 0 Å². The third kappa shape index (κ3) is 4.44. The highest BCUT2D eigenvalue weighted by Crippen LogP contribution is 2.27. The number of rotatable bonds is 6. The highest BCUT2D eigenvalue weighted by atomic mass is 15.3. The molecule has 0 aliphatic carbocycles. The van der Waals surface area contributed by atoms with Crippen LogP contribution < -0.4 is 5.32 Å². The molecule has 118 valence electrons. The summed E-state index contributed by atoms with van der Waals surface area (Å²) in [7, 11) is 0. The van der Waals surface area contributed by atoms with Crippen molar-refractivity contribution in [3.63, 3.8) is 0 Å². The van der Waals surface area contributed by atoms with Gasteiger partial charge in [0.05, 0.1) is 0 Å². The summed E-state index contributed by atoms with van der Waals surface area (Å²) in [6, 6.07) is 1.55. The molecule has 2 saturated heterocycles. The lowest BCUT2D eigenvalue weighted by Crippen LogP contribution is -2.57. The molecule has 2 heterocycles. The fourth-order valence-electron chi connectivity index (χ4n) is 3.77. The van der Waals surface area contributed by atoms with Crippen molar-refractivity contribution >= 4 is 0 Å². The smallest absolute Gasteiger partial charge is 0.0224 e. The van der Waals surface area contributed by atoms with Gasteiger partial charge in [0.2, 0.25) is 0 Å². The number of hydrogen-bond acceptors (Lipinski definition) is 3. The van der Waals surface area contributed by atoms with E-state index in [0.29, 0.717) is 11.5 Å². The van der Waals surface area contributed by atoms with Gasteiger partial charge in [0, 0.05) is 38.3 Å². The van der Waals surface area contributed by atoms with E-state index < -0.39 is 0 Å². The van der Waals surface area contributed by atoms with Gasteiger partial charge in [-0.15, -0.1) is 0 Å². The minimum atomic E-state index is 0.365. The molecule has 0 radical (unpaired) electrons. The molecule has 2 aliphatic heterocycles. The average molecular weight is 281 g/mol. The van der Waals surface area contributed by atoms with Crippen LogP contribution in [0.4, 0.5) is 0 Å². The normalized spacial score (nSPS) is 29.1. The summed E-state index contributed by atoms with van der Waals surface area (Å²) in [5.41, 5.74) is 0.365. The van der Waals surface area contributed by atoms with Gasteiger partial charge in [0.15, 0.2) is 0 Å². The SMILES string of the molecule is CC(C)CNCC(C)(C)CN1CC2CCCN2CC1C. The van der Waals surface area contributed by atoms with Crippen LogP contribution in [0.25, 0.3) is 0 Å². The second-order valence-electron chi connectivity index (χ2n) is 8.26. The molecule has 2 atom stereocenters. The molecule has 0 amide bonds. The van der Waals surface area contributed by atoms with Crippen LogP contribution in [0, 0.1) is 11.3 Å². The molecule has 2 aliphatic rings. The lowest BCUT2D eigenvalue weighted by molar-refractivity contribution is 0.0335. The predicted molar refractivity (Wildman–Crippen MR) is 87.1 cm³/mol. The molecule has 3 nitrogen and oxygen atoms in total. The second-order valence-corrected chi connectivity index (χ2v) is 8.26. The maximum atomic E-state index is 3.64. The van der Waals surface area contributed by atoms with Gasteiger partial charge in [-0.05, 0) is 44.2 Å². The Kier molecular flexibility index (Phi) is 5.49. The van der Waals surface area contributed by atoms with E-state index in [9.17, 15) is 0 Å². The Bertz CT molecular complexity index is 301. The molecule has 2 unspecified atom stereocenters. The second kappa shape index (κ2) is 6.76. The topological polar surface area (TPSA) is 18.5 Å². The van der Waals surface area contributed by atoms with Gasteiger partial charge in [0.1, 0.15) is 0 Å². The van der Waals surface area contributed by atoms with Crippen molar-refractivity contribution in [1.82, 2.24) is 15.1 Å². The first-order chi connectivity index (χ1) is 9.37. The van der Waals surface area contributed by atoms with Crippen LogP contribution in [-0.4, -0.2) is 61.2 Å². The van der Waals surface area contributed by atoms with E-state index in [2.05, 4.69) is 49.7 Å². The van der Waals surface area contributed by atoms with Crippen molar-refractivity contribution in [3.05, 3.63) is 0 Å². The molecule has 20 heavy (non-hydrogen) atoms. The van der Waals surface area contributed by atoms with Crippen LogP contribution in [0.1, 0.15) is 47.5 Å². The first-order valence-electron chi connectivity index (χ1n) is 8.56. The van der Waals surface area contributed by atoms with Gasteiger partial charge in [0.25, 0.3) is 0 Å². The molecule has 0 aromatic carbocycles. The van der Waals surface area contributed by atoms with E-state index >= 15 is 0 Å². The van der Waals surface area contributed by atoms with E-state index in [0.717, 1.165) is 25.0 Å². The monoisotopic (exact) mass is 281 g/mol. The van der Waals surface area contributed by atoms with Crippen molar-refractivity contribution in [2.45, 2.75) is 59.5 Å². The number of piperazine rings is 1. The number of nitrogens with zero attached hydrogens (tertiary/aromatic N) is 2. The van der Waals surface area contributed by atoms with Crippen molar-refractivity contribution in [2.75, 3.05) is 39.3 Å². The quantitative estimate of drug-likeness (QED) is 0.807. The summed E-state index contributed by atoms with van der Waals surface area (Å²) >= 11 is 0. The largest absolute Gasteiger partial charge is 0.316 e.